The van der Waals surface area contributed by atoms with Gasteiger partial charge in [-0.25, -0.2) is 9.98 Å². The molecular formula is C18H24N6S. The molecule has 0 aromatic carbocycles. The summed E-state index contributed by atoms with van der Waals surface area (Å²) in [5, 5.41) is 13.0. The highest BCUT2D eigenvalue weighted by atomic mass is 32.1. The first-order valence-corrected chi connectivity index (χ1v) is 9.46. The third-order valence-electron chi connectivity index (χ3n) is 5.49. The van der Waals surface area contributed by atoms with Gasteiger partial charge in [-0.05, 0) is 38.3 Å². The van der Waals surface area contributed by atoms with E-state index in [0.29, 0.717) is 0 Å². The Hall–Kier alpha value is -1.86. The van der Waals surface area contributed by atoms with Gasteiger partial charge in [0, 0.05) is 36.6 Å². The molecule has 3 N–H and O–H groups in total. The molecule has 2 aromatic heterocycles. The fourth-order valence-corrected chi connectivity index (χ4v) is 4.45. The lowest BCUT2D eigenvalue weighted by atomic mass is 9.81. The van der Waals surface area contributed by atoms with E-state index in [1.165, 1.54) is 37.7 Å². The highest BCUT2D eigenvalue weighted by molar-refractivity contribution is 7.94. The Morgan fingerprint density at radius 1 is 1.36 bits per heavy atom. The zero-order chi connectivity index (χ0) is 17.3. The number of fused-ring (bicyclic) bond motifs is 1. The van der Waals surface area contributed by atoms with Gasteiger partial charge in [0.15, 0.2) is 5.84 Å². The summed E-state index contributed by atoms with van der Waals surface area (Å²) in [6.07, 6.45) is 9.94. The lowest BCUT2D eigenvalue weighted by Gasteiger charge is -2.47. The second-order valence-corrected chi connectivity index (χ2v) is 7.27. The van der Waals surface area contributed by atoms with Crippen molar-refractivity contribution < 1.29 is 0 Å². The van der Waals surface area contributed by atoms with Crippen LogP contribution in [0.2, 0.25) is 0 Å². The van der Waals surface area contributed by atoms with Crippen LogP contribution in [0.15, 0.2) is 23.5 Å². The van der Waals surface area contributed by atoms with Crippen molar-refractivity contribution in [2.75, 3.05) is 24.5 Å². The third-order valence-corrected chi connectivity index (χ3v) is 5.61. The molecule has 0 bridgehead atoms. The Balaban J connectivity index is 1.73. The van der Waals surface area contributed by atoms with Crippen molar-refractivity contribution in [1.82, 2.24) is 15.3 Å². The molecule has 0 radical (unpaired) electrons. The Morgan fingerprint density at radius 3 is 3.04 bits per heavy atom. The number of rotatable bonds is 2. The van der Waals surface area contributed by atoms with Crippen molar-refractivity contribution in [1.29, 1.82) is 5.41 Å². The van der Waals surface area contributed by atoms with E-state index < -0.39 is 0 Å². The van der Waals surface area contributed by atoms with Gasteiger partial charge in [-0.1, -0.05) is 6.42 Å². The normalized spacial score (nSPS) is 24.4. The molecule has 0 aliphatic carbocycles. The highest BCUT2D eigenvalue weighted by Crippen LogP contribution is 2.35. The molecule has 1 unspecified atom stereocenters. The molecule has 1 spiro atoms. The molecule has 0 saturated carbocycles. The van der Waals surface area contributed by atoms with Gasteiger partial charge in [0.2, 0.25) is 0 Å². The second-order valence-electron chi connectivity index (χ2n) is 7.04. The lowest BCUT2D eigenvalue weighted by molar-refractivity contribution is 0.216. The zero-order valence-electron chi connectivity index (χ0n) is 14.3. The number of nitrogens with zero attached hydrogens (tertiary/aromatic N) is 3. The lowest BCUT2D eigenvalue weighted by Crippen LogP contribution is -2.59. The maximum atomic E-state index is 8.20. The molecule has 2 aromatic rings. The quantitative estimate of drug-likeness (QED) is 0.379. The highest BCUT2D eigenvalue weighted by Gasteiger charge is 2.37. The molecule has 25 heavy (non-hydrogen) atoms. The number of pyridine rings is 1. The first-order chi connectivity index (χ1) is 12.2. The minimum Gasteiger partial charge on any atom is -0.369 e. The summed E-state index contributed by atoms with van der Waals surface area (Å²) < 4.78 is 0. The topological polar surface area (TPSA) is 80.2 Å². The average Bonchev–Trinajstić information content (AvgIpc) is 3.07. The Labute approximate surface area is 153 Å². The molecular weight excluding hydrogens is 332 g/mol. The fraction of sp³-hybridized carbons (Fsp3) is 0.500. The number of anilines is 1. The Morgan fingerprint density at radius 2 is 2.24 bits per heavy atom. The number of H-pyrrole nitrogens is 1. The summed E-state index contributed by atoms with van der Waals surface area (Å²) in [6, 6.07) is 2.07. The fourth-order valence-electron chi connectivity index (χ4n) is 4.33. The van der Waals surface area contributed by atoms with Gasteiger partial charge in [-0.15, -0.1) is 12.6 Å². The zero-order valence-corrected chi connectivity index (χ0v) is 15.1. The first kappa shape index (κ1) is 16.6. The monoisotopic (exact) mass is 356 g/mol. The van der Waals surface area contributed by atoms with E-state index in [9.17, 15) is 0 Å². The molecule has 6 nitrogen and oxygen atoms in total. The molecule has 2 aliphatic rings. The van der Waals surface area contributed by atoms with E-state index in [4.69, 9.17) is 5.41 Å². The minimum atomic E-state index is 0.206. The standard InChI is InChI=1S/C18H24N6S/c19-16(22-12-25)13-10-21-17-15(13)14(4-8-20-17)24-9-3-6-18(11-24)5-1-2-7-23-18/h4,8,10,12,23H,1-3,5-7,9,11H2,(H,20,21)(H2,19,22,25). The van der Waals surface area contributed by atoms with E-state index in [0.717, 1.165) is 41.9 Å². The van der Waals surface area contributed by atoms with Crippen LogP contribution in [-0.2, 0) is 0 Å². The number of aromatic amines is 1. The molecule has 132 valence electrons. The molecule has 4 heterocycles. The largest absolute Gasteiger partial charge is 0.369 e. The van der Waals surface area contributed by atoms with Gasteiger partial charge in [-0.3, -0.25) is 5.41 Å². The van der Waals surface area contributed by atoms with Crippen molar-refractivity contribution in [3.05, 3.63) is 24.0 Å². The van der Waals surface area contributed by atoms with Crippen molar-refractivity contribution in [3.63, 3.8) is 0 Å². The summed E-state index contributed by atoms with van der Waals surface area (Å²) in [5.41, 5.74) is 4.33. The summed E-state index contributed by atoms with van der Waals surface area (Å²) in [7, 11) is 0. The summed E-state index contributed by atoms with van der Waals surface area (Å²) in [6.45, 7) is 3.17. The number of thiol groups is 1. The van der Waals surface area contributed by atoms with Crippen LogP contribution in [0.5, 0.6) is 0 Å². The number of nitrogens with one attached hydrogen (secondary N) is 3. The molecule has 2 fully saturated rings. The van der Waals surface area contributed by atoms with Crippen LogP contribution in [0.25, 0.3) is 11.0 Å². The van der Waals surface area contributed by atoms with Crippen molar-refractivity contribution in [2.24, 2.45) is 4.99 Å². The van der Waals surface area contributed by atoms with E-state index >= 15 is 0 Å². The maximum absolute atomic E-state index is 8.20. The number of aliphatic imine (C=N–C) groups is 1. The number of hydrogen-bond acceptors (Lipinski definition) is 4. The van der Waals surface area contributed by atoms with E-state index in [1.54, 1.807) is 0 Å². The van der Waals surface area contributed by atoms with Crippen LogP contribution >= 0.6 is 12.6 Å². The van der Waals surface area contributed by atoms with Crippen LogP contribution < -0.4 is 10.2 Å². The van der Waals surface area contributed by atoms with Gasteiger partial charge < -0.3 is 15.2 Å². The summed E-state index contributed by atoms with van der Waals surface area (Å²) >= 11 is 4.00. The van der Waals surface area contributed by atoms with Gasteiger partial charge in [0.25, 0.3) is 0 Å². The van der Waals surface area contributed by atoms with E-state index in [1.807, 2.05) is 12.4 Å². The van der Waals surface area contributed by atoms with Crippen LogP contribution in [0.3, 0.4) is 0 Å². The number of piperidine rings is 2. The number of hydrogen-bond donors (Lipinski definition) is 4. The average molecular weight is 356 g/mol. The predicted octanol–water partition coefficient (Wildman–Crippen LogP) is 2.96. The molecule has 2 aliphatic heterocycles. The Bertz CT molecular complexity index is 799. The molecule has 1 atom stereocenters. The van der Waals surface area contributed by atoms with Crippen LogP contribution in [-0.4, -0.2) is 46.5 Å². The maximum Gasteiger partial charge on any atom is 0.154 e. The predicted molar refractivity (Wildman–Crippen MR) is 106 cm³/mol. The third kappa shape index (κ3) is 3.06. The Kier molecular flexibility index (Phi) is 4.52. The molecule has 7 heteroatoms. The van der Waals surface area contributed by atoms with Crippen LogP contribution in [0.1, 0.15) is 37.7 Å². The number of amidine groups is 1. The van der Waals surface area contributed by atoms with Crippen molar-refractivity contribution >= 4 is 40.7 Å². The first-order valence-electron chi connectivity index (χ1n) is 8.94. The number of aromatic nitrogens is 2. The smallest absolute Gasteiger partial charge is 0.154 e. The summed E-state index contributed by atoms with van der Waals surface area (Å²) in [5.74, 6) is 0.206. The van der Waals surface area contributed by atoms with Crippen LogP contribution in [0, 0.1) is 5.41 Å². The SMILES string of the molecule is N=C(/N=C\S)c1c[nH]c2nccc(N3CCCC4(CCCCN4)C3)c12. The van der Waals surface area contributed by atoms with E-state index in [-0.39, 0.29) is 11.4 Å². The minimum absolute atomic E-state index is 0.206. The van der Waals surface area contributed by atoms with Gasteiger partial charge in [-0.2, -0.15) is 0 Å². The summed E-state index contributed by atoms with van der Waals surface area (Å²) in [4.78, 5) is 14.1. The molecule has 0 amide bonds. The van der Waals surface area contributed by atoms with Gasteiger partial charge >= 0.3 is 0 Å². The second kappa shape index (κ2) is 6.80. The molecule has 2 saturated heterocycles. The van der Waals surface area contributed by atoms with Crippen LogP contribution in [0.4, 0.5) is 5.69 Å². The van der Waals surface area contributed by atoms with Crippen molar-refractivity contribution in [2.45, 2.75) is 37.6 Å². The van der Waals surface area contributed by atoms with Gasteiger partial charge in [0.1, 0.15) is 5.65 Å². The van der Waals surface area contributed by atoms with E-state index in [2.05, 4.69) is 43.9 Å². The molecule has 4 rings (SSSR count). The van der Waals surface area contributed by atoms with Gasteiger partial charge in [0.05, 0.1) is 16.6 Å². The van der Waals surface area contributed by atoms with Crippen molar-refractivity contribution in [3.8, 4) is 0 Å².